The second-order valence-corrected chi connectivity index (χ2v) is 11.2. The van der Waals surface area contributed by atoms with Crippen LogP contribution >= 0.6 is 23.5 Å². The molecule has 0 unspecified atom stereocenters. The van der Waals surface area contributed by atoms with Crippen molar-refractivity contribution in [1.29, 1.82) is 0 Å². The van der Waals surface area contributed by atoms with E-state index in [0.29, 0.717) is 36.0 Å². The van der Waals surface area contributed by atoms with Gasteiger partial charge >= 0.3 is 0 Å². The Labute approximate surface area is 231 Å². The summed E-state index contributed by atoms with van der Waals surface area (Å²) in [6, 6.07) is 20.1. The molecule has 0 saturated carbocycles. The number of rotatable bonds is 4. The topological polar surface area (TPSA) is 65.3 Å². The highest BCUT2D eigenvalue weighted by Gasteiger charge is 2.32. The molecule has 0 spiro atoms. The summed E-state index contributed by atoms with van der Waals surface area (Å²) < 4.78 is 0. The van der Waals surface area contributed by atoms with Gasteiger partial charge in [-0.15, -0.1) is 0 Å². The van der Waals surface area contributed by atoms with Gasteiger partial charge in [0.15, 0.2) is 10.3 Å². The van der Waals surface area contributed by atoms with Gasteiger partial charge in [0.05, 0.1) is 9.81 Å². The van der Waals surface area contributed by atoms with Crippen molar-refractivity contribution >= 4 is 57.8 Å². The number of aliphatic imine (C=N–C) groups is 2. The molecule has 38 heavy (non-hydrogen) atoms. The Bertz CT molecular complexity index is 1310. The Morgan fingerprint density at radius 2 is 1.03 bits per heavy atom. The molecule has 3 aliphatic rings. The molecular weight excluding hydrogens is 512 g/mol. The van der Waals surface area contributed by atoms with E-state index in [2.05, 4.69) is 31.9 Å². The Kier molecular flexibility index (Phi) is 8.10. The molecule has 6 nitrogen and oxygen atoms in total. The SMILES string of the molecule is CC(=C/c1ccccc1)/C=C1\SC(N2CCN(C3=NC(=O)/C(=C/C(C)=C/c4ccccc4)S3)CC2)=NC1=O. The fraction of sp³-hybridized carbons (Fsp3) is 0.200. The summed E-state index contributed by atoms with van der Waals surface area (Å²) in [5.74, 6) is -0.383. The molecule has 3 aliphatic heterocycles. The van der Waals surface area contributed by atoms with Gasteiger partial charge in [0.2, 0.25) is 0 Å². The number of carbonyl (C=O) groups is 2. The molecule has 0 aliphatic carbocycles. The highest BCUT2D eigenvalue weighted by Crippen LogP contribution is 2.33. The molecule has 192 valence electrons. The van der Waals surface area contributed by atoms with Crippen molar-refractivity contribution in [3.8, 4) is 0 Å². The number of nitrogens with zero attached hydrogens (tertiary/aromatic N) is 4. The van der Waals surface area contributed by atoms with Crippen molar-refractivity contribution in [2.24, 2.45) is 9.98 Å². The third-order valence-electron chi connectivity index (χ3n) is 6.14. The van der Waals surface area contributed by atoms with Crippen molar-refractivity contribution in [2.75, 3.05) is 26.2 Å². The van der Waals surface area contributed by atoms with Gasteiger partial charge in [0.25, 0.3) is 11.8 Å². The molecule has 8 heteroatoms. The van der Waals surface area contributed by atoms with Gasteiger partial charge in [0.1, 0.15) is 0 Å². The monoisotopic (exact) mass is 540 g/mol. The van der Waals surface area contributed by atoms with Crippen LogP contribution in [0.4, 0.5) is 0 Å². The second kappa shape index (κ2) is 11.8. The van der Waals surface area contributed by atoms with Gasteiger partial charge < -0.3 is 9.80 Å². The predicted octanol–water partition coefficient (Wildman–Crippen LogP) is 5.84. The molecule has 2 aromatic rings. The van der Waals surface area contributed by atoms with Gasteiger partial charge in [-0.1, -0.05) is 72.8 Å². The third kappa shape index (κ3) is 6.44. The Morgan fingerprint density at radius 3 is 1.39 bits per heavy atom. The Morgan fingerprint density at radius 1 is 0.658 bits per heavy atom. The van der Waals surface area contributed by atoms with E-state index in [1.54, 1.807) is 0 Å². The van der Waals surface area contributed by atoms with Crippen LogP contribution in [0.5, 0.6) is 0 Å². The van der Waals surface area contributed by atoms with Gasteiger partial charge in [-0.3, -0.25) is 9.59 Å². The summed E-state index contributed by atoms with van der Waals surface area (Å²) in [7, 11) is 0. The quantitative estimate of drug-likeness (QED) is 0.454. The van der Waals surface area contributed by atoms with Crippen molar-refractivity contribution < 1.29 is 9.59 Å². The fourth-order valence-electron chi connectivity index (χ4n) is 4.28. The van der Waals surface area contributed by atoms with E-state index in [-0.39, 0.29) is 11.8 Å². The van der Waals surface area contributed by atoms with Crippen LogP contribution in [0.3, 0.4) is 0 Å². The molecule has 2 aromatic carbocycles. The van der Waals surface area contributed by atoms with Gasteiger partial charge in [-0.05, 0) is 71.8 Å². The smallest absolute Gasteiger partial charge is 0.286 e. The minimum absolute atomic E-state index is 0.191. The Balaban J connectivity index is 1.16. The molecule has 0 atom stereocenters. The summed E-state index contributed by atoms with van der Waals surface area (Å²) in [5, 5.41) is 1.49. The van der Waals surface area contributed by atoms with Gasteiger partial charge in [0, 0.05) is 26.2 Å². The second-order valence-electron chi connectivity index (χ2n) is 9.19. The minimum atomic E-state index is -0.191. The number of piperazine rings is 1. The molecule has 0 N–H and O–H groups in total. The molecule has 3 heterocycles. The average molecular weight is 541 g/mol. The standard InChI is InChI=1S/C30H28N4O2S2/c1-21(17-23-9-5-3-6-10-23)19-25-27(35)31-29(37-25)33-13-15-34(16-14-33)30-32-28(36)26(38-30)20-22(2)18-24-11-7-4-8-12-24/h3-12,17-20H,13-16H2,1-2H3/b21-17-,22-18+,25-19-,26-20-. The maximum absolute atomic E-state index is 12.6. The molecule has 0 bridgehead atoms. The molecule has 1 fully saturated rings. The highest BCUT2D eigenvalue weighted by molar-refractivity contribution is 8.18. The zero-order valence-electron chi connectivity index (χ0n) is 21.3. The number of carbonyl (C=O) groups excluding carboxylic acids is 2. The van der Waals surface area contributed by atoms with Gasteiger partial charge in [-0.25, -0.2) is 0 Å². The maximum Gasteiger partial charge on any atom is 0.286 e. The van der Waals surface area contributed by atoms with Crippen LogP contribution < -0.4 is 0 Å². The van der Waals surface area contributed by atoms with E-state index in [9.17, 15) is 9.59 Å². The lowest BCUT2D eigenvalue weighted by molar-refractivity contribution is -0.114. The lowest BCUT2D eigenvalue weighted by Crippen LogP contribution is -2.49. The van der Waals surface area contributed by atoms with Crippen molar-refractivity contribution in [1.82, 2.24) is 9.80 Å². The van der Waals surface area contributed by atoms with Crippen LogP contribution in [0, 0.1) is 0 Å². The minimum Gasteiger partial charge on any atom is -0.347 e. The zero-order chi connectivity index (χ0) is 26.5. The number of hydrogen-bond acceptors (Lipinski definition) is 6. The Hall–Kier alpha value is -3.62. The average Bonchev–Trinajstić information content (AvgIpc) is 3.47. The first-order valence-electron chi connectivity index (χ1n) is 12.5. The van der Waals surface area contributed by atoms with Crippen LogP contribution in [0.2, 0.25) is 0 Å². The van der Waals surface area contributed by atoms with E-state index in [1.165, 1.54) is 23.5 Å². The molecular formula is C30H28N4O2S2. The molecule has 5 rings (SSSR count). The van der Waals surface area contributed by atoms with Crippen molar-refractivity contribution in [3.05, 3.63) is 105 Å². The number of hydrogen-bond donors (Lipinski definition) is 0. The zero-order valence-corrected chi connectivity index (χ0v) is 23.0. The van der Waals surface area contributed by atoms with Crippen LogP contribution in [0.15, 0.2) is 104 Å². The van der Waals surface area contributed by atoms with Crippen LogP contribution in [0.25, 0.3) is 12.2 Å². The predicted molar refractivity (Wildman–Crippen MR) is 160 cm³/mol. The third-order valence-corrected chi connectivity index (χ3v) is 8.23. The number of amidine groups is 2. The lowest BCUT2D eigenvalue weighted by atomic mass is 10.1. The van der Waals surface area contributed by atoms with E-state index < -0.39 is 0 Å². The van der Waals surface area contributed by atoms with Crippen LogP contribution in [0.1, 0.15) is 25.0 Å². The first kappa shape index (κ1) is 26.0. The molecule has 1 saturated heterocycles. The maximum atomic E-state index is 12.6. The van der Waals surface area contributed by atoms with E-state index >= 15 is 0 Å². The first-order valence-corrected chi connectivity index (χ1v) is 14.1. The summed E-state index contributed by atoms with van der Waals surface area (Å²) in [5.41, 5.74) is 4.21. The number of allylic oxidation sites excluding steroid dienone is 4. The summed E-state index contributed by atoms with van der Waals surface area (Å²) in [6.45, 7) is 6.84. The fourth-order valence-corrected chi connectivity index (χ4v) is 6.31. The van der Waals surface area contributed by atoms with Crippen molar-refractivity contribution in [2.45, 2.75) is 13.8 Å². The summed E-state index contributed by atoms with van der Waals surface area (Å²) in [6.07, 6.45) is 7.93. The lowest BCUT2D eigenvalue weighted by Gasteiger charge is -2.35. The van der Waals surface area contributed by atoms with Crippen LogP contribution in [-0.4, -0.2) is 58.1 Å². The van der Waals surface area contributed by atoms with E-state index in [1.807, 2.05) is 86.7 Å². The molecule has 0 aromatic heterocycles. The largest absolute Gasteiger partial charge is 0.347 e. The highest BCUT2D eigenvalue weighted by atomic mass is 32.2. The van der Waals surface area contributed by atoms with Crippen molar-refractivity contribution in [3.63, 3.8) is 0 Å². The van der Waals surface area contributed by atoms with Gasteiger partial charge in [-0.2, -0.15) is 9.98 Å². The summed E-state index contributed by atoms with van der Waals surface area (Å²) >= 11 is 2.86. The number of benzene rings is 2. The molecule has 0 radical (unpaired) electrons. The van der Waals surface area contributed by atoms with Crippen LogP contribution in [-0.2, 0) is 9.59 Å². The first-order chi connectivity index (χ1) is 18.4. The normalized spacial score (nSPS) is 21.0. The number of thioether (sulfide) groups is 2. The number of amides is 2. The summed E-state index contributed by atoms with van der Waals surface area (Å²) in [4.78, 5) is 39.3. The van der Waals surface area contributed by atoms with E-state index in [0.717, 1.165) is 32.6 Å². The molecule has 2 amide bonds. The van der Waals surface area contributed by atoms with E-state index in [4.69, 9.17) is 0 Å².